The van der Waals surface area contributed by atoms with E-state index in [0.717, 1.165) is 18.4 Å². The summed E-state index contributed by atoms with van der Waals surface area (Å²) in [7, 11) is 1.72. The van der Waals surface area contributed by atoms with Gasteiger partial charge in [0, 0.05) is 24.8 Å². The number of fused-ring (bicyclic) bond motifs is 1. The lowest BCUT2D eigenvalue weighted by Gasteiger charge is -2.33. The summed E-state index contributed by atoms with van der Waals surface area (Å²) in [6.45, 7) is 0.598. The summed E-state index contributed by atoms with van der Waals surface area (Å²) in [6, 6.07) is 0.406. The molecule has 0 atom stereocenters. The van der Waals surface area contributed by atoms with Crippen LogP contribution in [0, 0.1) is 0 Å². The summed E-state index contributed by atoms with van der Waals surface area (Å²) < 4.78 is 0. The number of carbonyl (C=O) groups excluding carboxylic acids is 1. The standard InChI is InChI=1S/C10H11ClN4O/c1-14-8-6(4-12-9(11)13-8)5-15(10(14)16)7-2-3-7/h4,7H,2-3,5H2,1H3. The van der Waals surface area contributed by atoms with E-state index in [2.05, 4.69) is 9.97 Å². The quantitative estimate of drug-likeness (QED) is 0.700. The zero-order valence-electron chi connectivity index (χ0n) is 8.85. The fourth-order valence-corrected chi connectivity index (χ4v) is 2.11. The molecule has 6 heteroatoms. The smallest absolute Gasteiger partial charge is 0.317 e. The molecule has 0 bridgehead atoms. The van der Waals surface area contributed by atoms with Crippen molar-refractivity contribution in [3.63, 3.8) is 0 Å². The van der Waals surface area contributed by atoms with Gasteiger partial charge in [-0.1, -0.05) is 0 Å². The summed E-state index contributed by atoms with van der Waals surface area (Å²) in [5, 5.41) is 0.179. The van der Waals surface area contributed by atoms with Gasteiger partial charge in [-0.05, 0) is 24.4 Å². The number of halogens is 1. The molecule has 1 aromatic heterocycles. The Morgan fingerprint density at radius 1 is 1.50 bits per heavy atom. The fourth-order valence-electron chi connectivity index (χ4n) is 1.98. The van der Waals surface area contributed by atoms with Gasteiger partial charge in [0.05, 0.1) is 6.54 Å². The lowest BCUT2D eigenvalue weighted by atomic mass is 10.2. The summed E-state index contributed by atoms with van der Waals surface area (Å²) in [5.41, 5.74) is 0.957. The van der Waals surface area contributed by atoms with Gasteiger partial charge in [0.2, 0.25) is 5.28 Å². The van der Waals surface area contributed by atoms with E-state index in [1.165, 1.54) is 0 Å². The molecule has 0 spiro atoms. The largest absolute Gasteiger partial charge is 0.325 e. The van der Waals surface area contributed by atoms with E-state index < -0.39 is 0 Å². The Morgan fingerprint density at radius 3 is 2.94 bits per heavy atom. The van der Waals surface area contributed by atoms with Gasteiger partial charge in [0.15, 0.2) is 0 Å². The molecule has 2 aliphatic rings. The molecule has 2 amide bonds. The third-order valence-electron chi connectivity index (χ3n) is 2.99. The van der Waals surface area contributed by atoms with Crippen LogP contribution in [0.5, 0.6) is 0 Å². The van der Waals surface area contributed by atoms with Crippen molar-refractivity contribution < 1.29 is 4.79 Å². The first kappa shape index (κ1) is 9.84. The first-order valence-corrected chi connectivity index (χ1v) is 5.60. The molecule has 1 saturated carbocycles. The van der Waals surface area contributed by atoms with Crippen LogP contribution in [0.15, 0.2) is 6.20 Å². The molecule has 0 N–H and O–H groups in total. The van der Waals surface area contributed by atoms with Crippen molar-refractivity contribution in [1.29, 1.82) is 0 Å². The summed E-state index contributed by atoms with van der Waals surface area (Å²) in [6.07, 6.45) is 3.90. The Bertz CT molecular complexity index is 460. The van der Waals surface area contributed by atoms with E-state index in [-0.39, 0.29) is 11.3 Å². The Morgan fingerprint density at radius 2 is 2.25 bits per heavy atom. The van der Waals surface area contributed by atoms with Gasteiger partial charge in [0.1, 0.15) is 5.82 Å². The topological polar surface area (TPSA) is 49.3 Å². The number of aromatic nitrogens is 2. The number of hydrogen-bond acceptors (Lipinski definition) is 3. The molecule has 5 nitrogen and oxygen atoms in total. The maximum Gasteiger partial charge on any atom is 0.325 e. The highest BCUT2D eigenvalue weighted by Gasteiger charge is 2.38. The SMILES string of the molecule is CN1C(=O)N(C2CC2)Cc2cnc(Cl)nc21. The van der Waals surface area contributed by atoms with Gasteiger partial charge < -0.3 is 4.90 Å². The van der Waals surface area contributed by atoms with Crippen LogP contribution in [0.3, 0.4) is 0 Å². The maximum absolute atomic E-state index is 12.0. The summed E-state index contributed by atoms with van der Waals surface area (Å²) in [5.74, 6) is 0.627. The molecule has 1 fully saturated rings. The third-order valence-corrected chi connectivity index (χ3v) is 3.17. The lowest BCUT2D eigenvalue weighted by molar-refractivity contribution is 0.196. The predicted molar refractivity (Wildman–Crippen MR) is 59.4 cm³/mol. The van der Waals surface area contributed by atoms with Crippen LogP contribution in [-0.4, -0.2) is 34.0 Å². The van der Waals surface area contributed by atoms with Crippen molar-refractivity contribution in [1.82, 2.24) is 14.9 Å². The zero-order chi connectivity index (χ0) is 11.3. The van der Waals surface area contributed by atoms with E-state index in [9.17, 15) is 4.79 Å². The molecule has 3 rings (SSSR count). The average Bonchev–Trinajstić information content (AvgIpc) is 3.08. The van der Waals surface area contributed by atoms with Crippen molar-refractivity contribution in [2.75, 3.05) is 11.9 Å². The van der Waals surface area contributed by atoms with E-state index in [4.69, 9.17) is 11.6 Å². The summed E-state index contributed by atoms with van der Waals surface area (Å²) in [4.78, 5) is 23.5. The van der Waals surface area contributed by atoms with Gasteiger partial charge >= 0.3 is 6.03 Å². The van der Waals surface area contributed by atoms with E-state index in [0.29, 0.717) is 18.4 Å². The van der Waals surface area contributed by atoms with Gasteiger partial charge in [-0.3, -0.25) is 4.90 Å². The number of hydrogen-bond donors (Lipinski definition) is 0. The Hall–Kier alpha value is -1.36. The third kappa shape index (κ3) is 1.43. The molecule has 16 heavy (non-hydrogen) atoms. The van der Waals surface area contributed by atoms with Gasteiger partial charge in [-0.25, -0.2) is 9.78 Å². The highest BCUT2D eigenvalue weighted by atomic mass is 35.5. The number of amides is 2. The summed E-state index contributed by atoms with van der Waals surface area (Å²) >= 11 is 5.73. The minimum Gasteiger partial charge on any atom is -0.317 e. The highest BCUT2D eigenvalue weighted by Crippen LogP contribution is 2.34. The molecule has 1 aliphatic heterocycles. The van der Waals surface area contributed by atoms with E-state index in [1.54, 1.807) is 18.1 Å². The first-order valence-electron chi connectivity index (χ1n) is 5.22. The van der Waals surface area contributed by atoms with Crippen molar-refractivity contribution in [2.45, 2.75) is 25.4 Å². The predicted octanol–water partition coefficient (Wildman–Crippen LogP) is 1.66. The number of rotatable bonds is 1. The molecule has 2 heterocycles. The van der Waals surface area contributed by atoms with Crippen LogP contribution in [-0.2, 0) is 6.54 Å². The van der Waals surface area contributed by atoms with Crippen molar-refractivity contribution in [3.05, 3.63) is 17.0 Å². The second kappa shape index (κ2) is 3.31. The Balaban J connectivity index is 2.01. The second-order valence-electron chi connectivity index (χ2n) is 4.19. The number of urea groups is 1. The number of anilines is 1. The van der Waals surface area contributed by atoms with E-state index >= 15 is 0 Å². The molecule has 0 radical (unpaired) electrons. The highest BCUT2D eigenvalue weighted by molar-refractivity contribution is 6.28. The van der Waals surface area contributed by atoms with Crippen LogP contribution >= 0.6 is 11.6 Å². The van der Waals surface area contributed by atoms with Crippen molar-refractivity contribution in [2.24, 2.45) is 0 Å². The van der Waals surface area contributed by atoms with Crippen LogP contribution in [0.2, 0.25) is 5.28 Å². The van der Waals surface area contributed by atoms with Crippen LogP contribution in [0.25, 0.3) is 0 Å². The number of nitrogens with zero attached hydrogens (tertiary/aromatic N) is 4. The van der Waals surface area contributed by atoms with Crippen LogP contribution < -0.4 is 4.90 Å². The Labute approximate surface area is 98.0 Å². The minimum atomic E-state index is 0.00441. The van der Waals surface area contributed by atoms with Crippen molar-refractivity contribution >= 4 is 23.4 Å². The molecule has 0 aromatic carbocycles. The van der Waals surface area contributed by atoms with Crippen molar-refractivity contribution in [3.8, 4) is 0 Å². The minimum absolute atomic E-state index is 0.00441. The maximum atomic E-state index is 12.0. The molecule has 1 aliphatic carbocycles. The van der Waals surface area contributed by atoms with E-state index in [1.807, 2.05) is 4.90 Å². The molecular weight excluding hydrogens is 228 g/mol. The second-order valence-corrected chi connectivity index (χ2v) is 4.53. The molecule has 0 saturated heterocycles. The molecule has 1 aromatic rings. The number of carbonyl (C=O) groups is 1. The van der Waals surface area contributed by atoms with Crippen LogP contribution in [0.4, 0.5) is 10.6 Å². The molecule has 0 unspecified atom stereocenters. The van der Waals surface area contributed by atoms with Gasteiger partial charge in [-0.2, -0.15) is 4.98 Å². The normalized spacial score (nSPS) is 20.0. The average molecular weight is 239 g/mol. The lowest BCUT2D eigenvalue weighted by Crippen LogP contribution is -2.46. The fraction of sp³-hybridized carbons (Fsp3) is 0.500. The van der Waals surface area contributed by atoms with Gasteiger partial charge in [-0.15, -0.1) is 0 Å². The monoisotopic (exact) mass is 238 g/mol. The first-order chi connectivity index (χ1) is 7.66. The zero-order valence-corrected chi connectivity index (χ0v) is 9.61. The molecular formula is C10H11ClN4O. The van der Waals surface area contributed by atoms with Crippen LogP contribution in [0.1, 0.15) is 18.4 Å². The van der Waals surface area contributed by atoms with Gasteiger partial charge in [0.25, 0.3) is 0 Å². The molecule has 84 valence electrons. The Kier molecular flexibility index (Phi) is 2.04.